The molecule has 0 bridgehead atoms. The van der Waals surface area contributed by atoms with Crippen LogP contribution >= 0.6 is 0 Å². The first kappa shape index (κ1) is 14.6. The van der Waals surface area contributed by atoms with Gasteiger partial charge in [-0.15, -0.1) is 0 Å². The van der Waals surface area contributed by atoms with E-state index in [-0.39, 0.29) is 22.9 Å². The van der Waals surface area contributed by atoms with Gasteiger partial charge in [-0.1, -0.05) is 12.5 Å². The average molecular weight is 302 g/mol. The summed E-state index contributed by atoms with van der Waals surface area (Å²) in [6.45, 7) is 4.29. The highest BCUT2D eigenvalue weighted by Gasteiger charge is 2.66. The van der Waals surface area contributed by atoms with Gasteiger partial charge in [0.25, 0.3) is 0 Å². The molecule has 5 atom stereocenters. The zero-order chi connectivity index (χ0) is 15.8. The summed E-state index contributed by atoms with van der Waals surface area (Å²) in [4.78, 5) is 24.2. The van der Waals surface area contributed by atoms with Crippen LogP contribution in [0.4, 0.5) is 0 Å². The molecular weight excluding hydrogens is 276 g/mol. The molecule has 0 radical (unpaired) electrons. The predicted octanol–water partition coefficient (Wildman–Crippen LogP) is 3.20. The summed E-state index contributed by atoms with van der Waals surface area (Å²) in [6.07, 6.45) is 8.27. The first-order chi connectivity index (χ1) is 10.3. The SMILES string of the molecule is CC12CCC(=O)C=C1CCC1C2CCC2(C)C(=O)CCC12O. The summed E-state index contributed by atoms with van der Waals surface area (Å²) in [5.74, 6) is 1.16. The van der Waals surface area contributed by atoms with Gasteiger partial charge in [0.2, 0.25) is 0 Å². The monoisotopic (exact) mass is 302 g/mol. The molecule has 0 aromatic rings. The van der Waals surface area contributed by atoms with E-state index in [1.165, 1.54) is 5.57 Å². The van der Waals surface area contributed by atoms with Crippen molar-refractivity contribution in [2.75, 3.05) is 0 Å². The number of allylic oxidation sites excluding steroid dienone is 1. The van der Waals surface area contributed by atoms with E-state index < -0.39 is 11.0 Å². The third-order valence-electron chi connectivity index (χ3n) is 7.86. The number of rotatable bonds is 0. The molecule has 3 saturated carbocycles. The number of Topliss-reactive ketones (excluding diaryl/α,β-unsaturated/α-hetero) is 1. The topological polar surface area (TPSA) is 54.4 Å². The Morgan fingerprint density at radius 1 is 1.00 bits per heavy atom. The van der Waals surface area contributed by atoms with Gasteiger partial charge in [0.05, 0.1) is 11.0 Å². The van der Waals surface area contributed by atoms with Crippen LogP contribution in [0.25, 0.3) is 0 Å². The summed E-state index contributed by atoms with van der Waals surface area (Å²) in [7, 11) is 0. The van der Waals surface area contributed by atoms with Crippen molar-refractivity contribution in [2.24, 2.45) is 22.7 Å². The molecule has 0 aromatic carbocycles. The summed E-state index contributed by atoms with van der Waals surface area (Å²) in [6, 6.07) is 0. The number of fused-ring (bicyclic) bond motifs is 5. The number of carbonyl (C=O) groups excluding carboxylic acids is 2. The minimum atomic E-state index is -0.816. The summed E-state index contributed by atoms with van der Waals surface area (Å²) in [5, 5.41) is 11.5. The van der Waals surface area contributed by atoms with Gasteiger partial charge in [-0.25, -0.2) is 0 Å². The zero-order valence-electron chi connectivity index (χ0n) is 13.7. The molecule has 4 rings (SSSR count). The van der Waals surface area contributed by atoms with Crippen molar-refractivity contribution in [1.82, 2.24) is 0 Å². The first-order valence-electron chi connectivity index (χ1n) is 8.81. The van der Waals surface area contributed by atoms with E-state index in [9.17, 15) is 14.7 Å². The summed E-state index contributed by atoms with van der Waals surface area (Å²) < 4.78 is 0. The second-order valence-corrected chi connectivity index (χ2v) is 8.52. The standard InChI is InChI=1S/C19H26O3/c1-17-8-5-13(20)11-12(17)3-4-15-14(17)6-9-18(2)16(21)7-10-19(15,18)22/h11,14-15,22H,3-10H2,1-2H3. The lowest BCUT2D eigenvalue weighted by Crippen LogP contribution is -2.60. The van der Waals surface area contributed by atoms with Crippen LogP contribution in [0.15, 0.2) is 11.6 Å². The molecule has 0 aliphatic heterocycles. The molecule has 4 aliphatic carbocycles. The fourth-order valence-corrected chi connectivity index (χ4v) is 6.30. The van der Waals surface area contributed by atoms with E-state index in [4.69, 9.17) is 0 Å². The Morgan fingerprint density at radius 3 is 2.55 bits per heavy atom. The Hall–Kier alpha value is -0.960. The van der Waals surface area contributed by atoms with Gasteiger partial charge in [0.1, 0.15) is 5.78 Å². The molecule has 0 saturated heterocycles. The van der Waals surface area contributed by atoms with Crippen LogP contribution in [-0.2, 0) is 9.59 Å². The van der Waals surface area contributed by atoms with Crippen LogP contribution in [0.3, 0.4) is 0 Å². The second kappa shape index (κ2) is 4.31. The van der Waals surface area contributed by atoms with Gasteiger partial charge in [-0.3, -0.25) is 9.59 Å². The van der Waals surface area contributed by atoms with Crippen molar-refractivity contribution in [3.05, 3.63) is 11.6 Å². The number of carbonyl (C=O) groups is 2. The van der Waals surface area contributed by atoms with Crippen LogP contribution in [-0.4, -0.2) is 22.3 Å². The number of hydrogen-bond donors (Lipinski definition) is 1. The Kier molecular flexibility index (Phi) is 2.87. The van der Waals surface area contributed by atoms with E-state index in [0.29, 0.717) is 25.2 Å². The van der Waals surface area contributed by atoms with Gasteiger partial charge in [-0.2, -0.15) is 0 Å². The highest BCUT2D eigenvalue weighted by Crippen LogP contribution is 2.65. The van der Waals surface area contributed by atoms with Gasteiger partial charge < -0.3 is 5.11 Å². The normalized spacial score (nSPS) is 51.0. The highest BCUT2D eigenvalue weighted by atomic mass is 16.3. The quantitative estimate of drug-likeness (QED) is 0.747. The van der Waals surface area contributed by atoms with Crippen molar-refractivity contribution in [3.63, 3.8) is 0 Å². The molecule has 4 aliphatic rings. The van der Waals surface area contributed by atoms with E-state index in [2.05, 4.69) is 6.92 Å². The van der Waals surface area contributed by atoms with Crippen molar-refractivity contribution in [3.8, 4) is 0 Å². The Labute approximate surface area is 132 Å². The van der Waals surface area contributed by atoms with Gasteiger partial charge >= 0.3 is 0 Å². The molecule has 120 valence electrons. The molecule has 3 heteroatoms. The van der Waals surface area contributed by atoms with Crippen LogP contribution < -0.4 is 0 Å². The lowest BCUT2D eigenvalue weighted by molar-refractivity contribution is -0.178. The Bertz CT molecular complexity index is 591. The van der Waals surface area contributed by atoms with Gasteiger partial charge in [0.15, 0.2) is 5.78 Å². The molecule has 0 amide bonds. The minimum absolute atomic E-state index is 0.0551. The third-order valence-corrected chi connectivity index (χ3v) is 7.86. The van der Waals surface area contributed by atoms with Crippen molar-refractivity contribution < 1.29 is 14.7 Å². The first-order valence-corrected chi connectivity index (χ1v) is 8.81. The Balaban J connectivity index is 1.76. The maximum atomic E-state index is 12.4. The van der Waals surface area contributed by atoms with E-state index in [1.807, 2.05) is 13.0 Å². The lowest BCUT2D eigenvalue weighted by Gasteiger charge is -2.60. The van der Waals surface area contributed by atoms with Gasteiger partial charge in [-0.05, 0) is 68.8 Å². The molecule has 3 fully saturated rings. The van der Waals surface area contributed by atoms with E-state index in [1.54, 1.807) is 0 Å². The smallest absolute Gasteiger partial charge is 0.155 e. The van der Waals surface area contributed by atoms with Crippen LogP contribution in [0.1, 0.15) is 65.2 Å². The van der Waals surface area contributed by atoms with Gasteiger partial charge in [0, 0.05) is 12.8 Å². The fourth-order valence-electron chi connectivity index (χ4n) is 6.30. The molecule has 0 aromatic heterocycles. The van der Waals surface area contributed by atoms with Crippen LogP contribution in [0.5, 0.6) is 0 Å². The molecule has 3 nitrogen and oxygen atoms in total. The maximum absolute atomic E-state index is 12.4. The average Bonchev–Trinajstić information content (AvgIpc) is 2.72. The largest absolute Gasteiger partial charge is 0.389 e. The van der Waals surface area contributed by atoms with Crippen LogP contribution in [0, 0.1) is 22.7 Å². The molecular formula is C19H26O3. The van der Waals surface area contributed by atoms with Crippen molar-refractivity contribution in [1.29, 1.82) is 0 Å². The third kappa shape index (κ3) is 1.56. The number of hydrogen-bond acceptors (Lipinski definition) is 3. The zero-order valence-corrected chi connectivity index (χ0v) is 13.7. The second-order valence-electron chi connectivity index (χ2n) is 8.52. The number of ketones is 2. The molecule has 0 heterocycles. The number of aliphatic hydroxyl groups is 1. The molecule has 5 unspecified atom stereocenters. The molecule has 22 heavy (non-hydrogen) atoms. The van der Waals surface area contributed by atoms with E-state index in [0.717, 1.165) is 32.1 Å². The summed E-state index contributed by atoms with van der Waals surface area (Å²) in [5.41, 5.74) is 0.0141. The maximum Gasteiger partial charge on any atom is 0.155 e. The lowest BCUT2D eigenvalue weighted by atomic mass is 9.46. The van der Waals surface area contributed by atoms with E-state index >= 15 is 0 Å². The van der Waals surface area contributed by atoms with Crippen LogP contribution in [0.2, 0.25) is 0 Å². The van der Waals surface area contributed by atoms with Crippen molar-refractivity contribution >= 4 is 11.6 Å². The molecule has 1 N–H and O–H groups in total. The summed E-state index contributed by atoms with van der Waals surface area (Å²) >= 11 is 0. The predicted molar refractivity (Wildman–Crippen MR) is 83.2 cm³/mol. The fraction of sp³-hybridized carbons (Fsp3) is 0.789. The van der Waals surface area contributed by atoms with Crippen molar-refractivity contribution in [2.45, 2.75) is 70.8 Å². The Morgan fingerprint density at radius 2 is 1.77 bits per heavy atom. The molecule has 0 spiro atoms. The minimum Gasteiger partial charge on any atom is -0.389 e. The highest BCUT2D eigenvalue weighted by molar-refractivity contribution is 5.92.